The molecule has 2 N–H and O–H groups in total. The number of hydrogen-bond acceptors (Lipinski definition) is 6. The minimum Gasteiger partial charge on any atom is -0.393 e. The number of alkyl halides is 3. The van der Waals surface area contributed by atoms with E-state index in [0.717, 1.165) is 17.3 Å². The molecule has 0 unspecified atom stereocenters. The Hall–Kier alpha value is -2.59. The molecule has 4 rings (SSSR count). The molecule has 0 spiro atoms. The fourth-order valence-corrected chi connectivity index (χ4v) is 3.95. The van der Waals surface area contributed by atoms with Gasteiger partial charge in [0.2, 0.25) is 5.95 Å². The van der Waals surface area contributed by atoms with Crippen LogP contribution in [0, 0.1) is 5.82 Å². The highest BCUT2D eigenvalue weighted by Crippen LogP contribution is 2.41. The van der Waals surface area contributed by atoms with E-state index < -0.39 is 17.7 Å². The molecule has 1 aliphatic carbocycles. The molecule has 0 radical (unpaired) electrons. The predicted molar refractivity (Wildman–Crippen MR) is 95.8 cm³/mol. The van der Waals surface area contributed by atoms with Crippen molar-refractivity contribution in [2.45, 2.75) is 31.0 Å². The van der Waals surface area contributed by atoms with Gasteiger partial charge in [0.25, 0.3) is 0 Å². The normalized spacial score (nSPS) is 19.3. The summed E-state index contributed by atoms with van der Waals surface area (Å²) in [5.41, 5.74) is -0.438. The van der Waals surface area contributed by atoms with Crippen LogP contribution in [-0.2, 0) is 6.18 Å². The summed E-state index contributed by atoms with van der Waals surface area (Å²) in [4.78, 5) is 12.1. The van der Waals surface area contributed by atoms with Crippen molar-refractivity contribution in [3.63, 3.8) is 0 Å². The van der Waals surface area contributed by atoms with Gasteiger partial charge in [-0.2, -0.15) is 13.2 Å². The number of anilines is 2. The first-order valence-corrected chi connectivity index (χ1v) is 9.22. The minimum atomic E-state index is -4.58. The molecule has 2 aromatic heterocycles. The summed E-state index contributed by atoms with van der Waals surface area (Å²) < 4.78 is 52.7. The standard InChI is InChI=1S/C18H14F4N4OS/c19-13-2-1-10(25-17-23-4-3-15(26-17)18(20,21)22)7-12(13)14-8-24-16(28-14)9-5-11(27)6-9/h1-4,7-9,11,27H,5-6H2,(H,23,25,26). The number of benzene rings is 1. The molecule has 0 aliphatic heterocycles. The molecule has 3 aromatic rings. The number of hydrogen-bond donors (Lipinski definition) is 2. The zero-order valence-corrected chi connectivity index (χ0v) is 15.1. The Morgan fingerprint density at radius 1 is 1.14 bits per heavy atom. The second kappa shape index (κ2) is 7.10. The van der Waals surface area contributed by atoms with Gasteiger partial charge in [-0.05, 0) is 37.1 Å². The van der Waals surface area contributed by atoms with E-state index >= 15 is 0 Å². The van der Waals surface area contributed by atoms with Crippen molar-refractivity contribution in [2.75, 3.05) is 5.32 Å². The first kappa shape index (κ1) is 18.8. The summed E-state index contributed by atoms with van der Waals surface area (Å²) in [5, 5.41) is 12.9. The van der Waals surface area contributed by atoms with Crippen LogP contribution >= 0.6 is 11.3 Å². The molecule has 10 heteroatoms. The molecule has 0 saturated heterocycles. The van der Waals surface area contributed by atoms with Crippen LogP contribution in [0.5, 0.6) is 0 Å². The monoisotopic (exact) mass is 410 g/mol. The average Bonchev–Trinajstić information content (AvgIpc) is 3.09. The topological polar surface area (TPSA) is 70.9 Å². The van der Waals surface area contributed by atoms with Crippen molar-refractivity contribution in [3.8, 4) is 10.4 Å². The van der Waals surface area contributed by atoms with Gasteiger partial charge in [-0.3, -0.25) is 0 Å². The SMILES string of the molecule is OC1CC(c2ncc(-c3cc(Nc4nccc(C(F)(F)F)n4)ccc3F)s2)C1. The zero-order chi connectivity index (χ0) is 19.9. The fourth-order valence-electron chi connectivity index (χ4n) is 2.89. The molecule has 0 amide bonds. The maximum absolute atomic E-state index is 14.3. The van der Waals surface area contributed by atoms with Gasteiger partial charge in [0.1, 0.15) is 11.5 Å². The van der Waals surface area contributed by atoms with Gasteiger partial charge in [-0.1, -0.05) is 0 Å². The lowest BCUT2D eigenvalue weighted by Gasteiger charge is -2.29. The van der Waals surface area contributed by atoms with E-state index in [4.69, 9.17) is 0 Å². The van der Waals surface area contributed by atoms with Gasteiger partial charge in [0.15, 0.2) is 0 Å². The van der Waals surface area contributed by atoms with E-state index in [1.807, 2.05) is 0 Å². The largest absolute Gasteiger partial charge is 0.433 e. The number of nitrogens with zero attached hydrogens (tertiary/aromatic N) is 3. The van der Waals surface area contributed by atoms with Gasteiger partial charge in [0, 0.05) is 29.6 Å². The van der Waals surface area contributed by atoms with Crippen LogP contribution in [0.2, 0.25) is 0 Å². The second-order valence-corrected chi connectivity index (χ2v) is 7.53. The molecule has 1 fully saturated rings. The Balaban J connectivity index is 1.58. The summed E-state index contributed by atoms with van der Waals surface area (Å²) in [6.45, 7) is 0. The number of thiazole rings is 1. The Bertz CT molecular complexity index is 1000. The molecule has 2 heterocycles. The van der Waals surface area contributed by atoms with Gasteiger partial charge in [-0.15, -0.1) is 11.3 Å². The van der Waals surface area contributed by atoms with Crippen molar-refractivity contribution >= 4 is 23.0 Å². The number of halogens is 4. The quantitative estimate of drug-likeness (QED) is 0.608. The van der Waals surface area contributed by atoms with E-state index in [1.165, 1.54) is 29.5 Å². The van der Waals surface area contributed by atoms with Crippen molar-refractivity contribution in [2.24, 2.45) is 0 Å². The van der Waals surface area contributed by atoms with Crippen LogP contribution < -0.4 is 5.32 Å². The van der Waals surface area contributed by atoms with E-state index in [9.17, 15) is 22.7 Å². The molecule has 1 aromatic carbocycles. The summed E-state index contributed by atoms with van der Waals surface area (Å²) >= 11 is 1.34. The van der Waals surface area contributed by atoms with E-state index in [1.54, 1.807) is 6.20 Å². The van der Waals surface area contributed by atoms with Crippen LogP contribution in [0.1, 0.15) is 29.5 Å². The molecule has 1 aliphatic rings. The highest BCUT2D eigenvalue weighted by atomic mass is 32.1. The number of rotatable bonds is 4. The number of aliphatic hydroxyl groups excluding tert-OH is 1. The maximum Gasteiger partial charge on any atom is 0.433 e. The lowest BCUT2D eigenvalue weighted by Crippen LogP contribution is -2.26. The van der Waals surface area contributed by atoms with Gasteiger partial charge >= 0.3 is 6.18 Å². The summed E-state index contributed by atoms with van der Waals surface area (Å²) in [7, 11) is 0. The van der Waals surface area contributed by atoms with Crippen LogP contribution in [0.25, 0.3) is 10.4 Å². The Morgan fingerprint density at radius 3 is 2.64 bits per heavy atom. The number of nitrogens with one attached hydrogen (secondary N) is 1. The van der Waals surface area contributed by atoms with E-state index in [-0.39, 0.29) is 23.5 Å². The highest BCUT2D eigenvalue weighted by Gasteiger charge is 2.33. The van der Waals surface area contributed by atoms with E-state index in [0.29, 0.717) is 23.4 Å². The maximum atomic E-state index is 14.3. The first-order chi connectivity index (χ1) is 13.3. The van der Waals surface area contributed by atoms with Crippen LogP contribution in [0.15, 0.2) is 36.7 Å². The van der Waals surface area contributed by atoms with Crippen LogP contribution in [0.4, 0.5) is 29.2 Å². The predicted octanol–water partition coefficient (Wildman–Crippen LogP) is 4.74. The molecular formula is C18H14F4N4OS. The fraction of sp³-hybridized carbons (Fsp3) is 0.278. The van der Waals surface area contributed by atoms with Crippen molar-refractivity contribution in [1.29, 1.82) is 0 Å². The molecular weight excluding hydrogens is 396 g/mol. The van der Waals surface area contributed by atoms with E-state index in [2.05, 4.69) is 20.3 Å². The second-order valence-electron chi connectivity index (χ2n) is 6.47. The Labute approximate surface area is 161 Å². The lowest BCUT2D eigenvalue weighted by atomic mass is 9.83. The van der Waals surface area contributed by atoms with Crippen LogP contribution in [0.3, 0.4) is 0 Å². The summed E-state index contributed by atoms with van der Waals surface area (Å²) in [6, 6.07) is 4.87. The molecule has 0 atom stereocenters. The third-order valence-electron chi connectivity index (χ3n) is 4.42. The lowest BCUT2D eigenvalue weighted by molar-refractivity contribution is -0.141. The smallest absolute Gasteiger partial charge is 0.393 e. The Morgan fingerprint density at radius 2 is 1.93 bits per heavy atom. The third-order valence-corrected chi connectivity index (χ3v) is 5.61. The number of aliphatic hydroxyl groups is 1. The van der Waals surface area contributed by atoms with Gasteiger partial charge < -0.3 is 10.4 Å². The molecule has 28 heavy (non-hydrogen) atoms. The highest BCUT2D eigenvalue weighted by molar-refractivity contribution is 7.15. The minimum absolute atomic E-state index is 0.177. The van der Waals surface area contributed by atoms with Crippen molar-refractivity contribution in [3.05, 3.63) is 53.2 Å². The molecule has 0 bridgehead atoms. The molecule has 146 valence electrons. The van der Waals surface area contributed by atoms with Crippen molar-refractivity contribution < 1.29 is 22.7 Å². The first-order valence-electron chi connectivity index (χ1n) is 8.40. The summed E-state index contributed by atoms with van der Waals surface area (Å²) in [6.07, 6.45) is -1.04. The zero-order valence-electron chi connectivity index (χ0n) is 14.2. The summed E-state index contributed by atoms with van der Waals surface area (Å²) in [5.74, 6) is -0.531. The Kier molecular flexibility index (Phi) is 4.76. The average molecular weight is 410 g/mol. The van der Waals surface area contributed by atoms with Gasteiger partial charge in [-0.25, -0.2) is 19.3 Å². The third kappa shape index (κ3) is 3.83. The molecule has 1 saturated carbocycles. The molecule has 5 nitrogen and oxygen atoms in total. The van der Waals surface area contributed by atoms with Gasteiger partial charge in [0.05, 0.1) is 16.0 Å². The van der Waals surface area contributed by atoms with Crippen molar-refractivity contribution in [1.82, 2.24) is 15.0 Å². The number of aromatic nitrogens is 3. The van der Waals surface area contributed by atoms with Crippen LogP contribution in [-0.4, -0.2) is 26.2 Å².